The minimum Gasteiger partial charge on any atom is -0.507 e. The van der Waals surface area contributed by atoms with Gasteiger partial charge in [-0.1, -0.05) is 5.16 Å². The van der Waals surface area contributed by atoms with Crippen LogP contribution in [0.15, 0.2) is 22.7 Å². The van der Waals surface area contributed by atoms with Crippen LogP contribution in [0.4, 0.5) is 13.2 Å². The number of rotatable bonds is 3. The summed E-state index contributed by atoms with van der Waals surface area (Å²) in [6.45, 7) is 0. The lowest BCUT2D eigenvalue weighted by atomic mass is 10.2. The Morgan fingerprint density at radius 1 is 1.32 bits per heavy atom. The van der Waals surface area contributed by atoms with E-state index in [0.717, 1.165) is 0 Å². The molecule has 19 heavy (non-hydrogen) atoms. The molecule has 4 nitrogen and oxygen atoms in total. The minimum absolute atomic E-state index is 0.00892. The van der Waals surface area contributed by atoms with Gasteiger partial charge in [0.2, 0.25) is 0 Å². The molecule has 0 spiro atoms. The van der Waals surface area contributed by atoms with E-state index in [0.29, 0.717) is 9.13 Å². The summed E-state index contributed by atoms with van der Waals surface area (Å²) in [5.41, 5.74) is 0.462. The third-order valence-corrected chi connectivity index (χ3v) is 3.21. The topological polar surface area (TPSA) is 59.2 Å². The van der Waals surface area contributed by atoms with Crippen molar-refractivity contribution in [2.75, 3.05) is 0 Å². The van der Waals surface area contributed by atoms with Crippen LogP contribution < -0.4 is 0 Å². The summed E-state index contributed by atoms with van der Waals surface area (Å²) >= 11 is 1.95. The molecule has 0 fully saturated rings. The summed E-state index contributed by atoms with van der Waals surface area (Å²) in [6, 6.07) is 4.70. The van der Waals surface area contributed by atoms with Gasteiger partial charge in [-0.25, -0.2) is 0 Å². The van der Waals surface area contributed by atoms with Gasteiger partial charge in [0.15, 0.2) is 5.82 Å². The van der Waals surface area contributed by atoms with Crippen molar-refractivity contribution in [1.82, 2.24) is 10.1 Å². The van der Waals surface area contributed by atoms with Crippen LogP contribution >= 0.6 is 22.6 Å². The van der Waals surface area contributed by atoms with Gasteiger partial charge < -0.3 is 9.63 Å². The Bertz CT molecular complexity index is 584. The minimum atomic E-state index is -4.25. The third kappa shape index (κ3) is 3.82. The molecule has 1 N–H and O–H groups in total. The first kappa shape index (κ1) is 14.1. The van der Waals surface area contributed by atoms with Crippen molar-refractivity contribution >= 4 is 22.6 Å². The Morgan fingerprint density at radius 2 is 2.05 bits per heavy atom. The number of phenols is 1. The molecule has 0 atom stereocenters. The zero-order valence-corrected chi connectivity index (χ0v) is 11.6. The molecule has 0 unspecified atom stereocenters. The SMILES string of the molecule is Oc1cc(-c2nc(CCC(F)(F)F)no2)ccc1I. The highest BCUT2D eigenvalue weighted by Gasteiger charge is 2.27. The second kappa shape index (κ2) is 5.35. The molecule has 0 bridgehead atoms. The Kier molecular flexibility index (Phi) is 3.97. The van der Waals surface area contributed by atoms with E-state index < -0.39 is 12.6 Å². The molecule has 102 valence electrons. The van der Waals surface area contributed by atoms with Gasteiger partial charge in [0.1, 0.15) is 5.75 Å². The molecule has 1 aromatic heterocycles. The molecule has 0 saturated heterocycles. The van der Waals surface area contributed by atoms with Gasteiger partial charge in [-0.15, -0.1) is 0 Å². The smallest absolute Gasteiger partial charge is 0.389 e. The summed E-state index contributed by atoms with van der Waals surface area (Å²) < 4.78 is 41.7. The van der Waals surface area contributed by atoms with E-state index in [2.05, 4.69) is 10.1 Å². The zero-order valence-electron chi connectivity index (χ0n) is 9.41. The normalized spacial score (nSPS) is 11.8. The second-order valence-corrected chi connectivity index (χ2v) is 4.96. The number of benzene rings is 1. The molecule has 0 aliphatic heterocycles. The van der Waals surface area contributed by atoms with Crippen LogP contribution in [0.3, 0.4) is 0 Å². The summed E-state index contributed by atoms with van der Waals surface area (Å²) in [5.74, 6) is 0.127. The molecular formula is C11H8F3IN2O2. The van der Waals surface area contributed by atoms with Crippen LogP contribution in [0, 0.1) is 3.57 Å². The van der Waals surface area contributed by atoms with Crippen LogP contribution in [0.1, 0.15) is 12.2 Å². The number of aromatic nitrogens is 2. The van der Waals surface area contributed by atoms with Gasteiger partial charge in [-0.2, -0.15) is 18.2 Å². The fourth-order valence-corrected chi connectivity index (χ4v) is 1.71. The Hall–Kier alpha value is -1.32. The molecule has 0 saturated carbocycles. The molecule has 2 rings (SSSR count). The van der Waals surface area contributed by atoms with Gasteiger partial charge in [0.25, 0.3) is 5.89 Å². The molecule has 0 radical (unpaired) electrons. The lowest BCUT2D eigenvalue weighted by molar-refractivity contribution is -0.134. The van der Waals surface area contributed by atoms with Crippen molar-refractivity contribution in [3.05, 3.63) is 27.6 Å². The second-order valence-electron chi connectivity index (χ2n) is 3.80. The molecular weight excluding hydrogens is 376 g/mol. The van der Waals surface area contributed by atoms with E-state index in [4.69, 9.17) is 4.52 Å². The Morgan fingerprint density at radius 3 is 2.68 bits per heavy atom. The van der Waals surface area contributed by atoms with E-state index in [1.54, 1.807) is 12.1 Å². The number of hydrogen-bond donors (Lipinski definition) is 1. The molecule has 0 aliphatic rings. The summed E-state index contributed by atoms with van der Waals surface area (Å²) in [4.78, 5) is 3.86. The van der Waals surface area contributed by atoms with Crippen molar-refractivity contribution in [3.8, 4) is 17.2 Å². The van der Waals surface area contributed by atoms with Crippen molar-refractivity contribution in [2.45, 2.75) is 19.0 Å². The van der Waals surface area contributed by atoms with Gasteiger partial charge in [-0.3, -0.25) is 0 Å². The van der Waals surface area contributed by atoms with Crippen LogP contribution in [0.25, 0.3) is 11.5 Å². The average Bonchev–Trinajstić information content (AvgIpc) is 2.78. The first-order valence-corrected chi connectivity index (χ1v) is 6.31. The number of alkyl halides is 3. The highest BCUT2D eigenvalue weighted by molar-refractivity contribution is 14.1. The van der Waals surface area contributed by atoms with Gasteiger partial charge >= 0.3 is 6.18 Å². The molecule has 1 aromatic carbocycles. The highest BCUT2D eigenvalue weighted by atomic mass is 127. The quantitative estimate of drug-likeness (QED) is 0.823. The number of halogens is 4. The molecule has 8 heteroatoms. The summed E-state index contributed by atoms with van der Waals surface area (Å²) in [7, 11) is 0. The maximum Gasteiger partial charge on any atom is 0.389 e. The van der Waals surface area contributed by atoms with E-state index >= 15 is 0 Å². The zero-order chi connectivity index (χ0) is 14.0. The molecule has 2 aromatic rings. The van der Waals surface area contributed by atoms with Gasteiger partial charge in [0.05, 0.1) is 9.99 Å². The molecule has 0 amide bonds. The molecule has 0 aliphatic carbocycles. The predicted octanol–water partition coefficient (Wildman–Crippen LogP) is 3.54. The lowest BCUT2D eigenvalue weighted by Gasteiger charge is -2.01. The fourth-order valence-electron chi connectivity index (χ4n) is 1.37. The van der Waals surface area contributed by atoms with Crippen LogP contribution in [-0.2, 0) is 6.42 Å². The van der Waals surface area contributed by atoms with E-state index in [9.17, 15) is 18.3 Å². The monoisotopic (exact) mass is 384 g/mol. The average molecular weight is 384 g/mol. The van der Waals surface area contributed by atoms with Crippen molar-refractivity contribution in [3.63, 3.8) is 0 Å². The van der Waals surface area contributed by atoms with Gasteiger partial charge in [0, 0.05) is 12.0 Å². The number of aryl methyl sites for hydroxylation is 1. The highest BCUT2D eigenvalue weighted by Crippen LogP contribution is 2.27. The van der Waals surface area contributed by atoms with Crippen molar-refractivity contribution < 1.29 is 22.8 Å². The number of hydrogen-bond acceptors (Lipinski definition) is 4. The standard InChI is InChI=1S/C11H8F3IN2O2/c12-11(13,14)4-3-9-16-10(19-17-9)6-1-2-7(15)8(18)5-6/h1-2,5,18H,3-4H2. The number of nitrogens with zero attached hydrogens (tertiary/aromatic N) is 2. The summed E-state index contributed by atoms with van der Waals surface area (Å²) in [5, 5.41) is 13.0. The van der Waals surface area contributed by atoms with Crippen LogP contribution in [0.2, 0.25) is 0 Å². The van der Waals surface area contributed by atoms with Crippen molar-refractivity contribution in [1.29, 1.82) is 0 Å². The fraction of sp³-hybridized carbons (Fsp3) is 0.273. The Balaban J connectivity index is 2.14. The Labute approximate surface area is 119 Å². The maximum atomic E-state index is 12.0. The summed E-state index contributed by atoms with van der Waals surface area (Å²) in [6.07, 6.45) is -5.57. The van der Waals surface area contributed by atoms with E-state index in [1.165, 1.54) is 6.07 Å². The maximum absolute atomic E-state index is 12.0. The largest absolute Gasteiger partial charge is 0.507 e. The predicted molar refractivity (Wildman–Crippen MR) is 68.5 cm³/mol. The van der Waals surface area contributed by atoms with Gasteiger partial charge in [-0.05, 0) is 40.8 Å². The molecule has 1 heterocycles. The van der Waals surface area contributed by atoms with Crippen LogP contribution in [0.5, 0.6) is 5.75 Å². The third-order valence-electron chi connectivity index (χ3n) is 2.29. The van der Waals surface area contributed by atoms with E-state index in [1.807, 2.05) is 22.6 Å². The first-order valence-electron chi connectivity index (χ1n) is 5.23. The number of phenolic OH excluding ortho intramolecular Hbond substituents is 1. The lowest BCUT2D eigenvalue weighted by Crippen LogP contribution is -2.09. The van der Waals surface area contributed by atoms with Crippen molar-refractivity contribution in [2.24, 2.45) is 0 Å². The van der Waals surface area contributed by atoms with E-state index in [-0.39, 0.29) is 23.9 Å². The van der Waals surface area contributed by atoms with Crippen LogP contribution in [-0.4, -0.2) is 21.4 Å². The number of aromatic hydroxyl groups is 1. The first-order chi connectivity index (χ1) is 8.85.